The van der Waals surface area contributed by atoms with Crippen LogP contribution in [0.4, 0.5) is 5.69 Å². The van der Waals surface area contributed by atoms with Gasteiger partial charge in [0.2, 0.25) is 0 Å². The van der Waals surface area contributed by atoms with Crippen LogP contribution in [0.25, 0.3) is 0 Å². The van der Waals surface area contributed by atoms with E-state index < -0.39 is 5.97 Å². The fourth-order valence-corrected chi connectivity index (χ4v) is 3.34. The molecule has 1 fully saturated rings. The van der Waals surface area contributed by atoms with Gasteiger partial charge < -0.3 is 10.4 Å². The summed E-state index contributed by atoms with van der Waals surface area (Å²) in [5.74, 6) is 0.307. The molecule has 104 valence electrons. The molecule has 0 saturated heterocycles. The summed E-state index contributed by atoms with van der Waals surface area (Å²) in [5, 5.41) is 12.9. The molecule has 1 aliphatic carbocycles. The third kappa shape index (κ3) is 2.86. The van der Waals surface area contributed by atoms with Crippen molar-refractivity contribution < 1.29 is 9.90 Å². The van der Waals surface area contributed by atoms with E-state index >= 15 is 0 Å². The number of carboxylic acid groups (broad SMARTS) is 1. The normalized spacial score (nSPS) is 26.4. The SMILES string of the molecule is CCC1CCC(Nc2cccc(Cl)c2C(=O)O)C1C. The first-order chi connectivity index (χ1) is 9.04. The number of rotatable bonds is 4. The van der Waals surface area contributed by atoms with Crippen molar-refractivity contribution in [1.82, 2.24) is 0 Å². The van der Waals surface area contributed by atoms with Crippen LogP contribution in [0, 0.1) is 11.8 Å². The van der Waals surface area contributed by atoms with Crippen molar-refractivity contribution in [3.63, 3.8) is 0 Å². The fraction of sp³-hybridized carbons (Fsp3) is 0.533. The Bertz CT molecular complexity index is 475. The van der Waals surface area contributed by atoms with Gasteiger partial charge in [-0.15, -0.1) is 0 Å². The number of aromatic carboxylic acids is 1. The van der Waals surface area contributed by atoms with Gasteiger partial charge in [0.1, 0.15) is 5.56 Å². The first-order valence-electron chi connectivity index (χ1n) is 6.83. The number of hydrogen-bond acceptors (Lipinski definition) is 2. The molecule has 1 aromatic rings. The summed E-state index contributed by atoms with van der Waals surface area (Å²) in [4.78, 5) is 11.3. The quantitative estimate of drug-likeness (QED) is 0.866. The predicted molar refractivity (Wildman–Crippen MR) is 78.0 cm³/mol. The number of anilines is 1. The molecule has 3 nitrogen and oxygen atoms in total. The van der Waals surface area contributed by atoms with Crippen LogP contribution in [0.15, 0.2) is 18.2 Å². The molecule has 3 unspecified atom stereocenters. The largest absolute Gasteiger partial charge is 0.478 e. The summed E-state index contributed by atoms with van der Waals surface area (Å²) in [6.07, 6.45) is 3.48. The smallest absolute Gasteiger partial charge is 0.339 e. The van der Waals surface area contributed by atoms with Crippen LogP contribution in [0.2, 0.25) is 5.02 Å². The van der Waals surface area contributed by atoms with Crippen LogP contribution in [-0.2, 0) is 0 Å². The maximum absolute atomic E-state index is 11.3. The lowest BCUT2D eigenvalue weighted by Gasteiger charge is -2.23. The summed E-state index contributed by atoms with van der Waals surface area (Å²) >= 11 is 5.98. The van der Waals surface area contributed by atoms with E-state index in [2.05, 4.69) is 19.2 Å². The Morgan fingerprint density at radius 2 is 2.21 bits per heavy atom. The van der Waals surface area contributed by atoms with Crippen LogP contribution in [0.3, 0.4) is 0 Å². The average Bonchev–Trinajstić information content (AvgIpc) is 2.70. The third-order valence-electron chi connectivity index (χ3n) is 4.32. The van der Waals surface area contributed by atoms with Gasteiger partial charge in [0.15, 0.2) is 0 Å². The lowest BCUT2D eigenvalue weighted by atomic mass is 9.93. The summed E-state index contributed by atoms with van der Waals surface area (Å²) < 4.78 is 0. The predicted octanol–water partition coefficient (Wildman–Crippen LogP) is 4.27. The van der Waals surface area contributed by atoms with Crippen LogP contribution >= 0.6 is 11.6 Å². The van der Waals surface area contributed by atoms with Crippen molar-refractivity contribution in [1.29, 1.82) is 0 Å². The van der Waals surface area contributed by atoms with Gasteiger partial charge in [-0.2, -0.15) is 0 Å². The minimum absolute atomic E-state index is 0.177. The zero-order valence-electron chi connectivity index (χ0n) is 11.3. The van der Waals surface area contributed by atoms with E-state index in [4.69, 9.17) is 11.6 Å². The molecule has 0 aromatic heterocycles. The molecular weight excluding hydrogens is 262 g/mol. The van der Waals surface area contributed by atoms with E-state index in [1.165, 1.54) is 12.8 Å². The van der Waals surface area contributed by atoms with Gasteiger partial charge in [0.05, 0.1) is 10.7 Å². The van der Waals surface area contributed by atoms with Gasteiger partial charge in [0, 0.05) is 6.04 Å². The second-order valence-electron chi connectivity index (χ2n) is 5.32. The molecule has 19 heavy (non-hydrogen) atoms. The van der Waals surface area contributed by atoms with Gasteiger partial charge in [0.25, 0.3) is 0 Å². The van der Waals surface area contributed by atoms with Crippen LogP contribution in [0.1, 0.15) is 43.5 Å². The van der Waals surface area contributed by atoms with E-state index in [0.29, 0.717) is 17.6 Å². The van der Waals surface area contributed by atoms with Gasteiger partial charge in [-0.3, -0.25) is 0 Å². The Labute approximate surface area is 119 Å². The highest BCUT2D eigenvalue weighted by Crippen LogP contribution is 2.36. The van der Waals surface area contributed by atoms with Gasteiger partial charge >= 0.3 is 5.97 Å². The maximum atomic E-state index is 11.3. The molecule has 2 rings (SSSR count). The minimum Gasteiger partial charge on any atom is -0.478 e. The highest BCUT2D eigenvalue weighted by atomic mass is 35.5. The number of hydrogen-bond donors (Lipinski definition) is 2. The highest BCUT2D eigenvalue weighted by Gasteiger charge is 2.32. The zero-order valence-corrected chi connectivity index (χ0v) is 12.1. The molecule has 0 radical (unpaired) electrons. The van der Waals surface area contributed by atoms with Gasteiger partial charge in [-0.1, -0.05) is 37.9 Å². The Morgan fingerprint density at radius 1 is 1.47 bits per heavy atom. The summed E-state index contributed by atoms with van der Waals surface area (Å²) in [6.45, 7) is 4.45. The monoisotopic (exact) mass is 281 g/mol. The Morgan fingerprint density at radius 3 is 2.79 bits per heavy atom. The van der Waals surface area contributed by atoms with Gasteiger partial charge in [-0.25, -0.2) is 4.79 Å². The van der Waals surface area contributed by atoms with Crippen molar-refractivity contribution in [2.24, 2.45) is 11.8 Å². The Balaban J connectivity index is 2.20. The number of halogens is 1. The lowest BCUT2D eigenvalue weighted by Crippen LogP contribution is -2.25. The number of nitrogens with one attached hydrogen (secondary N) is 1. The minimum atomic E-state index is -0.981. The van der Waals surface area contributed by atoms with Crippen molar-refractivity contribution in [2.45, 2.75) is 39.2 Å². The molecule has 0 spiro atoms. The number of carbonyl (C=O) groups is 1. The first-order valence-corrected chi connectivity index (χ1v) is 7.20. The topological polar surface area (TPSA) is 49.3 Å². The van der Waals surface area contributed by atoms with Gasteiger partial charge in [-0.05, 0) is 36.8 Å². The standard InChI is InChI=1S/C15H20ClNO2/c1-3-10-7-8-12(9(10)2)17-13-6-4-5-11(16)14(13)15(18)19/h4-6,9-10,12,17H,3,7-8H2,1-2H3,(H,18,19). The second kappa shape index (κ2) is 5.83. The van der Waals surface area contributed by atoms with Crippen molar-refractivity contribution in [2.75, 3.05) is 5.32 Å². The van der Waals surface area contributed by atoms with Crippen LogP contribution < -0.4 is 5.32 Å². The molecule has 0 aliphatic heterocycles. The van der Waals surface area contributed by atoms with E-state index in [1.54, 1.807) is 18.2 Å². The van der Waals surface area contributed by atoms with Crippen molar-refractivity contribution in [3.8, 4) is 0 Å². The maximum Gasteiger partial charge on any atom is 0.339 e. The molecule has 4 heteroatoms. The molecule has 0 bridgehead atoms. The number of carboxylic acids is 1. The highest BCUT2D eigenvalue weighted by molar-refractivity contribution is 6.34. The first kappa shape index (κ1) is 14.2. The summed E-state index contributed by atoms with van der Waals surface area (Å²) in [5.41, 5.74) is 0.810. The molecule has 3 atom stereocenters. The third-order valence-corrected chi connectivity index (χ3v) is 4.63. The molecule has 2 N–H and O–H groups in total. The van der Waals surface area contributed by atoms with E-state index in [1.807, 2.05) is 0 Å². The van der Waals surface area contributed by atoms with E-state index in [0.717, 1.165) is 12.3 Å². The van der Waals surface area contributed by atoms with E-state index in [-0.39, 0.29) is 10.6 Å². The van der Waals surface area contributed by atoms with E-state index in [9.17, 15) is 9.90 Å². The van der Waals surface area contributed by atoms with Crippen molar-refractivity contribution in [3.05, 3.63) is 28.8 Å². The summed E-state index contributed by atoms with van der Waals surface area (Å²) in [6, 6.07) is 5.53. The average molecular weight is 282 g/mol. The molecular formula is C15H20ClNO2. The Hall–Kier alpha value is -1.22. The molecule has 1 aliphatic rings. The molecule has 1 aromatic carbocycles. The number of benzene rings is 1. The van der Waals surface area contributed by atoms with Crippen molar-refractivity contribution >= 4 is 23.3 Å². The van der Waals surface area contributed by atoms with Crippen LogP contribution in [0.5, 0.6) is 0 Å². The molecule has 0 amide bonds. The lowest BCUT2D eigenvalue weighted by molar-refractivity contribution is 0.0698. The van der Waals surface area contributed by atoms with Crippen LogP contribution in [-0.4, -0.2) is 17.1 Å². The Kier molecular flexibility index (Phi) is 4.35. The zero-order chi connectivity index (χ0) is 14.0. The summed E-state index contributed by atoms with van der Waals surface area (Å²) in [7, 11) is 0. The molecule has 1 saturated carbocycles. The fourth-order valence-electron chi connectivity index (χ4n) is 3.09. The second-order valence-corrected chi connectivity index (χ2v) is 5.73. The molecule has 0 heterocycles.